The van der Waals surface area contributed by atoms with Gasteiger partial charge in [-0.05, 0) is 70.6 Å². The third-order valence-electron chi connectivity index (χ3n) is 10.4. The third-order valence-corrected chi connectivity index (χ3v) is 11.4. The Kier molecular flexibility index (Phi) is 33.8. The van der Waals surface area contributed by atoms with Crippen molar-refractivity contribution in [2.24, 2.45) is 0 Å². The lowest BCUT2D eigenvalue weighted by atomic mass is 9.85. The van der Waals surface area contributed by atoms with Gasteiger partial charge in [0, 0.05) is 12.8 Å². The van der Waals surface area contributed by atoms with Crippen LogP contribution in [0.25, 0.3) is 0 Å². The van der Waals surface area contributed by atoms with Crippen LogP contribution in [0.2, 0.25) is 0 Å². The molecule has 1 fully saturated rings. The highest BCUT2D eigenvalue weighted by atomic mass is 31.2. The van der Waals surface area contributed by atoms with Gasteiger partial charge in [-0.15, -0.1) is 0 Å². The zero-order valence-electron chi connectivity index (χ0n) is 36.7. The fourth-order valence-electron chi connectivity index (χ4n) is 6.63. The molecule has 60 heavy (non-hydrogen) atoms. The van der Waals surface area contributed by atoms with E-state index < -0.39 is 75.7 Å². The molecule has 0 bridgehead atoms. The molecule has 1 saturated carbocycles. The first kappa shape index (κ1) is 55.8. The van der Waals surface area contributed by atoms with Crippen LogP contribution >= 0.6 is 7.82 Å². The largest absolute Gasteiger partial charge is 0.472 e. The summed E-state index contributed by atoms with van der Waals surface area (Å²) in [6.45, 7) is 3.21. The number of aliphatic hydroxyl groups excluding tert-OH is 5. The summed E-state index contributed by atoms with van der Waals surface area (Å²) < 4.78 is 33.5. The van der Waals surface area contributed by atoms with Crippen molar-refractivity contribution >= 4 is 19.8 Å². The molecule has 6 atom stereocenters. The van der Waals surface area contributed by atoms with Crippen molar-refractivity contribution in [3.8, 4) is 0 Å². The first-order valence-corrected chi connectivity index (χ1v) is 24.4. The number of carbonyl (C=O) groups excluding carboxylic acids is 2. The molecule has 13 nitrogen and oxygen atoms in total. The van der Waals surface area contributed by atoms with E-state index in [1.54, 1.807) is 0 Å². The second-order valence-electron chi connectivity index (χ2n) is 15.9. The molecule has 0 aromatic carbocycles. The molecule has 0 radical (unpaired) electrons. The van der Waals surface area contributed by atoms with Gasteiger partial charge in [-0.3, -0.25) is 18.6 Å². The van der Waals surface area contributed by atoms with Crippen LogP contribution in [0.5, 0.6) is 0 Å². The Morgan fingerprint density at radius 1 is 0.517 bits per heavy atom. The molecular weight excluding hydrogens is 791 g/mol. The van der Waals surface area contributed by atoms with Gasteiger partial charge in [0.05, 0.1) is 6.61 Å². The van der Waals surface area contributed by atoms with E-state index in [-0.39, 0.29) is 12.8 Å². The van der Waals surface area contributed by atoms with Crippen LogP contribution in [0.4, 0.5) is 0 Å². The predicted molar refractivity (Wildman–Crippen MR) is 235 cm³/mol. The van der Waals surface area contributed by atoms with Gasteiger partial charge in [-0.25, -0.2) is 4.57 Å². The minimum Gasteiger partial charge on any atom is -0.462 e. The SMILES string of the molecule is CCCC/C=C\C/C=C\CCCCCCCC(=O)OCC(COP(=O)(O)OC1C(O)C(O)C(O)C(O)C1O)OC(=O)CCCCCCCCC/C=C\C/C=C\CCCCC. The fraction of sp³-hybridized carbons (Fsp3) is 0.783. The second-order valence-corrected chi connectivity index (χ2v) is 17.3. The van der Waals surface area contributed by atoms with Crippen molar-refractivity contribution in [3.05, 3.63) is 48.6 Å². The number of hydrogen-bond donors (Lipinski definition) is 6. The number of rotatable bonds is 37. The van der Waals surface area contributed by atoms with Crippen molar-refractivity contribution in [2.45, 2.75) is 217 Å². The van der Waals surface area contributed by atoms with Crippen LogP contribution in [0, 0.1) is 0 Å². The van der Waals surface area contributed by atoms with Crippen LogP contribution in [-0.2, 0) is 32.7 Å². The van der Waals surface area contributed by atoms with Crippen LogP contribution in [0.3, 0.4) is 0 Å². The standard InChI is InChI=1S/C46H81O13P/c1-3-5-7-9-11-13-15-17-19-20-21-23-25-27-29-31-33-35-40(48)58-38(37-57-60(54,55)59-46-44(52)42(50)41(49)43(51)45(46)53)36-56-39(47)34-32-30-28-26-24-22-18-16-14-12-10-8-6-4-2/h10-13,16-19,38,41-46,49-53H,3-9,14-15,20-37H2,1-2H3,(H,54,55)/b12-10-,13-11-,18-16-,19-17-. The van der Waals surface area contributed by atoms with E-state index in [0.717, 1.165) is 103 Å². The molecule has 0 heterocycles. The molecule has 6 unspecified atom stereocenters. The molecule has 0 spiro atoms. The third kappa shape index (κ3) is 28.4. The summed E-state index contributed by atoms with van der Waals surface area (Å²) in [5.74, 6) is -1.13. The minimum absolute atomic E-state index is 0.0834. The molecule has 1 rings (SSSR count). The highest BCUT2D eigenvalue weighted by Crippen LogP contribution is 2.47. The average molecular weight is 873 g/mol. The zero-order chi connectivity index (χ0) is 44.3. The number of phosphoric acid groups is 1. The minimum atomic E-state index is -5.12. The highest BCUT2D eigenvalue weighted by Gasteiger charge is 2.51. The van der Waals surface area contributed by atoms with Gasteiger partial charge in [0.1, 0.15) is 43.2 Å². The van der Waals surface area contributed by atoms with Crippen LogP contribution in [0.1, 0.15) is 174 Å². The Balaban J connectivity index is 2.48. The van der Waals surface area contributed by atoms with Crippen LogP contribution in [-0.4, -0.2) is 98.3 Å². The van der Waals surface area contributed by atoms with Crippen molar-refractivity contribution in [3.63, 3.8) is 0 Å². The molecule has 0 saturated heterocycles. The van der Waals surface area contributed by atoms with Crippen molar-refractivity contribution in [2.75, 3.05) is 13.2 Å². The van der Waals surface area contributed by atoms with Crippen molar-refractivity contribution < 1.29 is 63.1 Å². The van der Waals surface area contributed by atoms with Gasteiger partial charge in [0.25, 0.3) is 0 Å². The summed E-state index contributed by atoms with van der Waals surface area (Å²) in [6, 6.07) is 0. The molecule has 1 aliphatic rings. The molecule has 0 amide bonds. The Morgan fingerprint density at radius 2 is 0.917 bits per heavy atom. The molecule has 1 aliphatic carbocycles. The average Bonchev–Trinajstić information content (AvgIpc) is 3.23. The smallest absolute Gasteiger partial charge is 0.462 e. The molecule has 6 N–H and O–H groups in total. The fourth-order valence-corrected chi connectivity index (χ4v) is 7.60. The number of phosphoric ester groups is 1. The lowest BCUT2D eigenvalue weighted by Crippen LogP contribution is -2.64. The van der Waals surface area contributed by atoms with E-state index >= 15 is 0 Å². The first-order valence-electron chi connectivity index (χ1n) is 22.9. The summed E-state index contributed by atoms with van der Waals surface area (Å²) in [7, 11) is -5.12. The Bertz CT molecular complexity index is 1240. The lowest BCUT2D eigenvalue weighted by Gasteiger charge is -2.41. The quantitative estimate of drug-likeness (QED) is 0.0149. The Morgan fingerprint density at radius 3 is 1.40 bits per heavy atom. The molecule has 0 aromatic rings. The number of aliphatic hydroxyl groups is 5. The lowest BCUT2D eigenvalue weighted by molar-refractivity contribution is -0.220. The van der Waals surface area contributed by atoms with Gasteiger partial charge in [0.2, 0.25) is 0 Å². The highest BCUT2D eigenvalue weighted by molar-refractivity contribution is 7.47. The molecule has 14 heteroatoms. The van der Waals surface area contributed by atoms with Gasteiger partial charge in [0.15, 0.2) is 6.10 Å². The summed E-state index contributed by atoms with van der Waals surface area (Å²) in [5, 5.41) is 50.1. The van der Waals surface area contributed by atoms with Crippen LogP contribution < -0.4 is 0 Å². The second kappa shape index (κ2) is 36.3. The van der Waals surface area contributed by atoms with Crippen LogP contribution in [0.15, 0.2) is 48.6 Å². The normalized spacial score (nSPS) is 22.6. The monoisotopic (exact) mass is 873 g/mol. The van der Waals surface area contributed by atoms with E-state index in [2.05, 4.69) is 62.5 Å². The Labute approximate surface area is 360 Å². The number of ether oxygens (including phenoxy) is 2. The van der Waals surface area contributed by atoms with E-state index in [9.17, 15) is 44.6 Å². The zero-order valence-corrected chi connectivity index (χ0v) is 37.6. The maximum Gasteiger partial charge on any atom is 0.472 e. The van der Waals surface area contributed by atoms with Gasteiger partial charge in [-0.1, -0.05) is 140 Å². The topological polar surface area (TPSA) is 210 Å². The summed E-state index contributed by atoms with van der Waals surface area (Å²) >= 11 is 0. The molecule has 0 aliphatic heterocycles. The van der Waals surface area contributed by atoms with E-state index in [1.807, 2.05) is 0 Å². The van der Waals surface area contributed by atoms with E-state index in [1.165, 1.54) is 32.1 Å². The van der Waals surface area contributed by atoms with Gasteiger partial charge < -0.3 is 39.9 Å². The number of esters is 2. The van der Waals surface area contributed by atoms with E-state index in [4.69, 9.17) is 18.5 Å². The Hall–Kier alpha value is -2.19. The number of hydrogen-bond acceptors (Lipinski definition) is 12. The maximum atomic E-state index is 12.8. The number of unbranched alkanes of at least 4 members (excludes halogenated alkanes) is 17. The maximum absolute atomic E-state index is 12.8. The summed E-state index contributed by atoms with van der Waals surface area (Å²) in [5.41, 5.74) is 0. The van der Waals surface area contributed by atoms with Crippen molar-refractivity contribution in [1.29, 1.82) is 0 Å². The number of allylic oxidation sites excluding steroid dienone is 8. The molecule has 348 valence electrons. The predicted octanol–water partition coefficient (Wildman–Crippen LogP) is 8.78. The summed E-state index contributed by atoms with van der Waals surface area (Å²) in [6.07, 6.45) is 28.7. The number of carbonyl (C=O) groups is 2. The van der Waals surface area contributed by atoms with Gasteiger partial charge >= 0.3 is 19.8 Å². The summed E-state index contributed by atoms with van der Waals surface area (Å²) in [4.78, 5) is 35.7. The first-order chi connectivity index (χ1) is 28.9. The molecular formula is C46H81O13P. The van der Waals surface area contributed by atoms with E-state index in [0.29, 0.717) is 12.8 Å². The van der Waals surface area contributed by atoms with Gasteiger partial charge in [-0.2, -0.15) is 0 Å². The van der Waals surface area contributed by atoms with Crippen molar-refractivity contribution in [1.82, 2.24) is 0 Å². The molecule has 0 aromatic heterocycles.